The van der Waals surface area contributed by atoms with E-state index in [0.29, 0.717) is 18.3 Å². The van der Waals surface area contributed by atoms with E-state index in [1.54, 1.807) is 0 Å². The van der Waals surface area contributed by atoms with Gasteiger partial charge in [-0.15, -0.1) is 0 Å². The Labute approximate surface area is 217 Å². The predicted octanol–water partition coefficient (Wildman–Crippen LogP) is 5.42. The van der Waals surface area contributed by atoms with Crippen LogP contribution in [-0.4, -0.2) is 45.2 Å². The number of allylic oxidation sites excluding steroid dienone is 2. The second-order valence-electron chi connectivity index (χ2n) is 15.4. The van der Waals surface area contributed by atoms with Gasteiger partial charge in [-0.2, -0.15) is 0 Å². The molecule has 204 valence electrons. The van der Waals surface area contributed by atoms with E-state index in [-0.39, 0.29) is 40.1 Å². The molecule has 0 aliphatic heterocycles. The van der Waals surface area contributed by atoms with Crippen LogP contribution in [0, 0.1) is 56.2 Å². The maximum absolute atomic E-state index is 12.9. The van der Waals surface area contributed by atoms with Crippen molar-refractivity contribution in [1.29, 1.82) is 0 Å². The van der Waals surface area contributed by atoms with Gasteiger partial charge in [-0.3, -0.25) is 4.79 Å². The SMILES string of the molecule is C[C@@H]1[C@H]2C3=CC[C@@H]4[C@@]5(C)C[C@@H](O)[C@H](O)[C@@](C)(CO)[C@@H]5CC[C@@]4(C)[C@]3(C)CC[C@@]2(C(=O)O)CCC1(C)C. The summed E-state index contributed by atoms with van der Waals surface area (Å²) in [5.41, 5.74) is -0.183. The lowest BCUT2D eigenvalue weighted by Gasteiger charge is -2.72. The van der Waals surface area contributed by atoms with Crippen molar-refractivity contribution in [1.82, 2.24) is 0 Å². The largest absolute Gasteiger partial charge is 0.481 e. The highest BCUT2D eigenvalue weighted by Gasteiger charge is 2.71. The van der Waals surface area contributed by atoms with Crippen LogP contribution in [0.3, 0.4) is 0 Å². The third-order valence-electron chi connectivity index (χ3n) is 14.0. The smallest absolute Gasteiger partial charge is 0.310 e. The van der Waals surface area contributed by atoms with E-state index in [4.69, 9.17) is 0 Å². The van der Waals surface area contributed by atoms with Crippen molar-refractivity contribution in [3.8, 4) is 0 Å². The van der Waals surface area contributed by atoms with Crippen LogP contribution < -0.4 is 0 Å². The maximum Gasteiger partial charge on any atom is 0.310 e. The van der Waals surface area contributed by atoms with Crippen LogP contribution in [0.1, 0.15) is 99.8 Å². The fraction of sp³-hybridized carbons (Fsp3) is 0.903. The molecule has 0 heterocycles. The Balaban J connectivity index is 1.63. The molecule has 5 nitrogen and oxygen atoms in total. The number of carbonyl (C=O) groups is 1. The first-order chi connectivity index (χ1) is 16.5. The molecular formula is C31H50O5. The van der Waals surface area contributed by atoms with Crippen molar-refractivity contribution >= 4 is 5.97 Å². The Morgan fingerprint density at radius 3 is 2.22 bits per heavy atom. The van der Waals surface area contributed by atoms with Gasteiger partial charge in [0, 0.05) is 5.41 Å². The molecule has 5 aliphatic carbocycles. The number of hydrogen-bond donors (Lipinski definition) is 4. The van der Waals surface area contributed by atoms with E-state index < -0.39 is 29.0 Å². The van der Waals surface area contributed by atoms with Crippen LogP contribution in [-0.2, 0) is 4.79 Å². The number of carboxylic acids is 1. The molecule has 5 aliphatic rings. The lowest BCUT2D eigenvalue weighted by atomic mass is 9.32. The third-order valence-corrected chi connectivity index (χ3v) is 14.0. The van der Waals surface area contributed by atoms with Gasteiger partial charge >= 0.3 is 5.97 Å². The number of fused-ring (bicyclic) bond motifs is 7. The molecule has 0 aromatic carbocycles. The van der Waals surface area contributed by atoms with Gasteiger partial charge in [-0.05, 0) is 96.7 Å². The normalized spacial score (nSPS) is 55.9. The molecule has 5 rings (SSSR count). The first-order valence-corrected chi connectivity index (χ1v) is 14.5. The monoisotopic (exact) mass is 502 g/mol. The zero-order chi connectivity index (χ0) is 26.7. The summed E-state index contributed by atoms with van der Waals surface area (Å²) in [5, 5.41) is 43.0. The van der Waals surface area contributed by atoms with Crippen molar-refractivity contribution in [2.45, 2.75) is 112 Å². The van der Waals surface area contributed by atoms with Crippen LogP contribution >= 0.6 is 0 Å². The summed E-state index contributed by atoms with van der Waals surface area (Å²) in [6.45, 7) is 16.0. The van der Waals surface area contributed by atoms with Crippen LogP contribution in [0.25, 0.3) is 0 Å². The summed E-state index contributed by atoms with van der Waals surface area (Å²) in [7, 11) is 0. The van der Waals surface area contributed by atoms with E-state index in [0.717, 1.165) is 44.9 Å². The first kappa shape index (κ1) is 26.7. The number of rotatable bonds is 2. The van der Waals surface area contributed by atoms with E-state index in [2.05, 4.69) is 47.6 Å². The van der Waals surface area contributed by atoms with E-state index in [9.17, 15) is 25.2 Å². The van der Waals surface area contributed by atoms with E-state index >= 15 is 0 Å². The molecule has 4 saturated carbocycles. The predicted molar refractivity (Wildman–Crippen MR) is 140 cm³/mol. The average molecular weight is 503 g/mol. The molecule has 0 radical (unpaired) electrons. The summed E-state index contributed by atoms with van der Waals surface area (Å²) >= 11 is 0. The average Bonchev–Trinajstić information content (AvgIpc) is 2.80. The van der Waals surface area contributed by atoms with E-state index in [1.807, 2.05) is 6.92 Å². The van der Waals surface area contributed by atoms with Gasteiger partial charge in [0.2, 0.25) is 0 Å². The summed E-state index contributed by atoms with van der Waals surface area (Å²) in [5.74, 6) is 0.199. The second kappa shape index (κ2) is 7.82. The van der Waals surface area contributed by atoms with Crippen molar-refractivity contribution in [3.63, 3.8) is 0 Å². The fourth-order valence-electron chi connectivity index (χ4n) is 11.1. The molecule has 5 heteroatoms. The van der Waals surface area contributed by atoms with Gasteiger partial charge in [0.1, 0.15) is 0 Å². The molecule has 0 bridgehead atoms. The number of aliphatic carboxylic acids is 1. The Morgan fingerprint density at radius 1 is 0.972 bits per heavy atom. The molecule has 36 heavy (non-hydrogen) atoms. The van der Waals surface area contributed by atoms with Crippen molar-refractivity contribution in [3.05, 3.63) is 11.6 Å². The van der Waals surface area contributed by atoms with Crippen molar-refractivity contribution in [2.24, 2.45) is 56.2 Å². The summed E-state index contributed by atoms with van der Waals surface area (Å²) in [6, 6.07) is 0. The van der Waals surface area contributed by atoms with Gasteiger partial charge < -0.3 is 20.4 Å². The molecule has 4 fully saturated rings. The first-order valence-electron chi connectivity index (χ1n) is 14.5. The molecule has 4 N–H and O–H groups in total. The zero-order valence-electron chi connectivity index (χ0n) is 23.6. The lowest BCUT2D eigenvalue weighted by molar-refractivity contribution is -0.244. The number of carboxylic acid groups (broad SMARTS) is 1. The number of hydrogen-bond acceptors (Lipinski definition) is 4. The minimum atomic E-state index is -0.911. The minimum Gasteiger partial charge on any atom is -0.481 e. The quantitative estimate of drug-likeness (QED) is 0.378. The molecular weight excluding hydrogens is 452 g/mol. The molecule has 0 spiro atoms. The molecule has 0 saturated heterocycles. The highest BCUT2D eigenvalue weighted by Crippen LogP contribution is 2.76. The highest BCUT2D eigenvalue weighted by atomic mass is 16.4. The van der Waals surface area contributed by atoms with Crippen LogP contribution in [0.5, 0.6) is 0 Å². The molecule has 0 amide bonds. The Bertz CT molecular complexity index is 972. The summed E-state index contributed by atoms with van der Waals surface area (Å²) in [4.78, 5) is 12.9. The van der Waals surface area contributed by atoms with Crippen LogP contribution in [0.2, 0.25) is 0 Å². The molecule has 0 unspecified atom stereocenters. The Hall–Kier alpha value is -0.910. The molecule has 11 atom stereocenters. The second-order valence-corrected chi connectivity index (χ2v) is 15.4. The standard InChI is InChI=1S/C31H50O5/c1-18-23-19-8-9-22-27(4)16-20(33)24(34)28(5,17-32)21(27)10-11-30(22,7)29(19,6)13-15-31(23,25(35)36)14-12-26(18,2)3/h8,18,20-24,32-34H,9-17H2,1-7H3,(H,35,36)/t18-,20-,21-,22-,23+,24+,27+,28+,29-,30-,31+/m1/s1. The van der Waals surface area contributed by atoms with Gasteiger partial charge in [-0.1, -0.05) is 60.1 Å². The number of aliphatic hydroxyl groups is 3. The van der Waals surface area contributed by atoms with Crippen molar-refractivity contribution in [2.75, 3.05) is 6.61 Å². The van der Waals surface area contributed by atoms with Gasteiger partial charge in [0.15, 0.2) is 0 Å². The van der Waals surface area contributed by atoms with E-state index in [1.165, 1.54) is 5.57 Å². The zero-order valence-corrected chi connectivity index (χ0v) is 23.6. The highest BCUT2D eigenvalue weighted by molar-refractivity contribution is 5.76. The van der Waals surface area contributed by atoms with Gasteiger partial charge in [0.25, 0.3) is 0 Å². The Kier molecular flexibility index (Phi) is 5.80. The molecule has 0 aromatic rings. The lowest BCUT2D eigenvalue weighted by Crippen LogP contribution is -2.68. The molecule has 0 aromatic heterocycles. The fourth-order valence-corrected chi connectivity index (χ4v) is 11.1. The third kappa shape index (κ3) is 2.97. The topological polar surface area (TPSA) is 98.0 Å². The minimum absolute atomic E-state index is 0.0211. The maximum atomic E-state index is 12.9. The van der Waals surface area contributed by atoms with Crippen LogP contribution in [0.4, 0.5) is 0 Å². The number of aliphatic hydroxyl groups excluding tert-OH is 3. The van der Waals surface area contributed by atoms with Crippen molar-refractivity contribution < 1.29 is 25.2 Å². The Morgan fingerprint density at radius 2 is 1.61 bits per heavy atom. The summed E-state index contributed by atoms with van der Waals surface area (Å²) < 4.78 is 0. The summed E-state index contributed by atoms with van der Waals surface area (Å²) in [6.07, 6.45) is 7.41. The van der Waals surface area contributed by atoms with Gasteiger partial charge in [-0.25, -0.2) is 0 Å². The van der Waals surface area contributed by atoms with Gasteiger partial charge in [0.05, 0.1) is 24.2 Å². The van der Waals surface area contributed by atoms with Crippen LogP contribution in [0.15, 0.2) is 11.6 Å².